The molecule has 9 rings (SSSR count). The predicted octanol–water partition coefficient (Wildman–Crippen LogP) is 11.0. The number of nitrogens with zero attached hydrogens (tertiary/aromatic N) is 5. The molecule has 0 unspecified atom stereocenters. The highest BCUT2D eigenvalue weighted by Gasteiger charge is 2.17. The van der Waals surface area contributed by atoms with Gasteiger partial charge in [-0.1, -0.05) is 103 Å². The molecular weight excluding hydrogens is 611 g/mol. The lowest BCUT2D eigenvalue weighted by Gasteiger charge is -2.16. The van der Waals surface area contributed by atoms with E-state index < -0.39 is 0 Å². The Labute approximate surface area is 289 Å². The van der Waals surface area contributed by atoms with Crippen LogP contribution >= 0.6 is 0 Å². The SMILES string of the molecule is c1ccc(-c2nc3c(-c4ccc(-c5cc(-c6ccccn6)nc(-c6ccccn6)c5)cc4)cccc3c3c(-c4ccncc4)cccc23)cc1. The van der Waals surface area contributed by atoms with Crippen LogP contribution in [-0.2, 0) is 0 Å². The van der Waals surface area contributed by atoms with Crippen molar-refractivity contribution in [2.45, 2.75) is 0 Å². The Hall–Kier alpha value is -6.85. The quantitative estimate of drug-likeness (QED) is 0.169. The van der Waals surface area contributed by atoms with Gasteiger partial charge in [0.15, 0.2) is 0 Å². The van der Waals surface area contributed by atoms with Crippen molar-refractivity contribution in [1.82, 2.24) is 24.9 Å². The summed E-state index contributed by atoms with van der Waals surface area (Å²) >= 11 is 0. The molecule has 5 aromatic heterocycles. The molecule has 5 nitrogen and oxygen atoms in total. The van der Waals surface area contributed by atoms with Gasteiger partial charge in [-0.3, -0.25) is 15.0 Å². The molecule has 0 N–H and O–H groups in total. The van der Waals surface area contributed by atoms with E-state index >= 15 is 0 Å². The largest absolute Gasteiger partial charge is 0.265 e. The van der Waals surface area contributed by atoms with Gasteiger partial charge < -0.3 is 0 Å². The second-order valence-electron chi connectivity index (χ2n) is 12.1. The maximum atomic E-state index is 5.42. The third kappa shape index (κ3) is 5.37. The van der Waals surface area contributed by atoms with Crippen molar-refractivity contribution < 1.29 is 0 Å². The highest BCUT2D eigenvalue weighted by molar-refractivity contribution is 6.19. The van der Waals surface area contributed by atoms with Gasteiger partial charge in [0, 0.05) is 52.1 Å². The minimum absolute atomic E-state index is 0.802. The summed E-state index contributed by atoms with van der Waals surface area (Å²) in [5.41, 5.74) is 12.8. The maximum Gasteiger partial charge on any atom is 0.0900 e. The lowest BCUT2D eigenvalue weighted by atomic mass is 9.91. The van der Waals surface area contributed by atoms with Crippen LogP contribution in [0.1, 0.15) is 0 Å². The van der Waals surface area contributed by atoms with Crippen molar-refractivity contribution in [3.63, 3.8) is 0 Å². The zero-order valence-corrected chi connectivity index (χ0v) is 27.0. The number of para-hydroxylation sites is 1. The van der Waals surface area contributed by atoms with E-state index in [9.17, 15) is 0 Å². The first-order chi connectivity index (χ1) is 24.8. The van der Waals surface area contributed by atoms with Gasteiger partial charge in [0.05, 0.1) is 34.0 Å². The van der Waals surface area contributed by atoms with Crippen molar-refractivity contribution >= 4 is 21.7 Å². The Kier molecular flexibility index (Phi) is 7.41. The van der Waals surface area contributed by atoms with Crippen molar-refractivity contribution in [2.75, 3.05) is 0 Å². The Morgan fingerprint density at radius 2 is 0.940 bits per heavy atom. The summed E-state index contributed by atoms with van der Waals surface area (Å²) in [5.74, 6) is 0. The number of rotatable bonds is 6. The molecule has 5 heterocycles. The molecule has 0 fully saturated rings. The fourth-order valence-corrected chi connectivity index (χ4v) is 6.73. The third-order valence-electron chi connectivity index (χ3n) is 9.10. The maximum absolute atomic E-state index is 5.42. The molecular formula is C45H29N5. The number of aromatic nitrogens is 5. The van der Waals surface area contributed by atoms with E-state index in [1.54, 1.807) is 12.4 Å². The minimum atomic E-state index is 0.802. The number of benzene rings is 4. The van der Waals surface area contributed by atoms with Crippen LogP contribution in [0.15, 0.2) is 176 Å². The molecule has 0 spiro atoms. The van der Waals surface area contributed by atoms with Crippen LogP contribution in [0.3, 0.4) is 0 Å². The number of hydrogen-bond donors (Lipinski definition) is 0. The monoisotopic (exact) mass is 639 g/mol. The van der Waals surface area contributed by atoms with Gasteiger partial charge in [-0.2, -0.15) is 0 Å². The molecule has 0 saturated carbocycles. The van der Waals surface area contributed by atoms with E-state index in [4.69, 9.17) is 9.97 Å². The van der Waals surface area contributed by atoms with Gasteiger partial charge in [-0.15, -0.1) is 0 Å². The van der Waals surface area contributed by atoms with Gasteiger partial charge in [0.2, 0.25) is 0 Å². The summed E-state index contributed by atoms with van der Waals surface area (Å²) in [5, 5.41) is 3.42. The molecule has 0 aliphatic carbocycles. The summed E-state index contributed by atoms with van der Waals surface area (Å²) in [6.45, 7) is 0. The molecule has 234 valence electrons. The van der Waals surface area contributed by atoms with Crippen molar-refractivity contribution in [3.8, 4) is 67.4 Å². The summed E-state index contributed by atoms with van der Waals surface area (Å²) in [4.78, 5) is 23.8. The minimum Gasteiger partial charge on any atom is -0.265 e. The van der Waals surface area contributed by atoms with Gasteiger partial charge in [0.25, 0.3) is 0 Å². The normalized spacial score (nSPS) is 11.2. The van der Waals surface area contributed by atoms with Crippen LogP contribution in [0.4, 0.5) is 0 Å². The summed E-state index contributed by atoms with van der Waals surface area (Å²) < 4.78 is 0. The smallest absolute Gasteiger partial charge is 0.0900 e. The first-order valence-corrected chi connectivity index (χ1v) is 16.6. The van der Waals surface area contributed by atoms with Crippen LogP contribution in [0, 0.1) is 0 Å². The van der Waals surface area contributed by atoms with E-state index in [0.717, 1.165) is 83.7 Å². The number of fused-ring (bicyclic) bond motifs is 3. The Bertz CT molecular complexity index is 2550. The molecule has 0 radical (unpaired) electrons. The molecule has 0 amide bonds. The molecule has 4 aromatic carbocycles. The lowest BCUT2D eigenvalue weighted by molar-refractivity contribution is 1.22. The lowest BCUT2D eigenvalue weighted by Crippen LogP contribution is -1.95. The fourth-order valence-electron chi connectivity index (χ4n) is 6.73. The zero-order chi connectivity index (χ0) is 33.3. The van der Waals surface area contributed by atoms with Gasteiger partial charge >= 0.3 is 0 Å². The second-order valence-corrected chi connectivity index (χ2v) is 12.1. The Morgan fingerprint density at radius 1 is 0.340 bits per heavy atom. The van der Waals surface area contributed by atoms with Crippen molar-refractivity contribution in [3.05, 3.63) is 176 Å². The molecule has 0 aliphatic rings. The standard InChI is InChI=1S/C45H29N5/c1-2-10-33(11-3-1)44-37-14-8-12-35(32-22-26-46-27-23-32)43(37)38-15-9-13-36(45(38)50-44)31-20-18-30(19-21-31)34-28-41(39-16-4-6-24-47-39)49-42(29-34)40-17-5-7-25-48-40/h1-29H. The predicted molar refractivity (Wildman–Crippen MR) is 203 cm³/mol. The van der Waals surface area contributed by atoms with E-state index in [1.165, 1.54) is 5.39 Å². The highest BCUT2D eigenvalue weighted by atomic mass is 14.8. The van der Waals surface area contributed by atoms with E-state index in [1.807, 2.05) is 54.9 Å². The van der Waals surface area contributed by atoms with Gasteiger partial charge in [-0.05, 0) is 76.3 Å². The second kappa shape index (κ2) is 12.6. The molecule has 0 saturated heterocycles. The molecule has 50 heavy (non-hydrogen) atoms. The van der Waals surface area contributed by atoms with Crippen molar-refractivity contribution in [2.24, 2.45) is 0 Å². The summed E-state index contributed by atoms with van der Waals surface area (Å²) in [6, 6.07) is 52.3. The summed E-state index contributed by atoms with van der Waals surface area (Å²) in [7, 11) is 0. The first-order valence-electron chi connectivity index (χ1n) is 16.6. The van der Waals surface area contributed by atoms with E-state index in [-0.39, 0.29) is 0 Å². The highest BCUT2D eigenvalue weighted by Crippen LogP contribution is 2.41. The third-order valence-corrected chi connectivity index (χ3v) is 9.10. The van der Waals surface area contributed by atoms with Crippen LogP contribution < -0.4 is 0 Å². The molecule has 0 atom stereocenters. The summed E-state index contributed by atoms with van der Waals surface area (Å²) in [6.07, 6.45) is 7.29. The number of pyridine rings is 5. The molecule has 0 bridgehead atoms. The van der Waals surface area contributed by atoms with E-state index in [0.29, 0.717) is 0 Å². The Balaban J connectivity index is 1.21. The average Bonchev–Trinajstić information content (AvgIpc) is 3.21. The van der Waals surface area contributed by atoms with Crippen molar-refractivity contribution in [1.29, 1.82) is 0 Å². The average molecular weight is 640 g/mol. The van der Waals surface area contributed by atoms with E-state index in [2.05, 4.69) is 124 Å². The molecule has 0 aliphatic heterocycles. The van der Waals surface area contributed by atoms with Crippen LogP contribution in [0.5, 0.6) is 0 Å². The van der Waals surface area contributed by atoms with Crippen LogP contribution in [0.25, 0.3) is 89.1 Å². The van der Waals surface area contributed by atoms with Gasteiger partial charge in [0.1, 0.15) is 0 Å². The molecule has 9 aromatic rings. The fraction of sp³-hybridized carbons (Fsp3) is 0. The van der Waals surface area contributed by atoms with Gasteiger partial charge in [-0.25, -0.2) is 9.97 Å². The molecule has 5 heteroatoms. The van der Waals surface area contributed by atoms with Crippen LogP contribution in [-0.4, -0.2) is 24.9 Å². The van der Waals surface area contributed by atoms with Crippen LogP contribution in [0.2, 0.25) is 0 Å². The topological polar surface area (TPSA) is 64.5 Å². The Morgan fingerprint density at radius 3 is 1.60 bits per heavy atom. The number of hydrogen-bond acceptors (Lipinski definition) is 5. The first kappa shape index (κ1) is 29.3. The zero-order valence-electron chi connectivity index (χ0n) is 27.0.